The predicted octanol–water partition coefficient (Wildman–Crippen LogP) is 17.4. The van der Waals surface area contributed by atoms with Crippen molar-refractivity contribution in [1.29, 1.82) is 0 Å². The Bertz CT molecular complexity index is 4850. The quantitative estimate of drug-likeness (QED) is 0.0980. The van der Waals surface area contributed by atoms with Crippen molar-refractivity contribution < 1.29 is 0 Å². The van der Waals surface area contributed by atoms with Crippen LogP contribution in [0.15, 0.2) is 243 Å². The van der Waals surface area contributed by atoms with Crippen molar-refractivity contribution in [1.82, 2.24) is 19.5 Å². The van der Waals surface area contributed by atoms with Gasteiger partial charge in [0.25, 0.3) is 0 Å². The lowest BCUT2D eigenvalue weighted by Crippen LogP contribution is -2.49. The van der Waals surface area contributed by atoms with E-state index in [0.717, 1.165) is 38.5 Å². The van der Waals surface area contributed by atoms with E-state index < -0.39 is 8.07 Å². The summed E-state index contributed by atoms with van der Waals surface area (Å²) in [5.41, 5.74) is 11.5. The lowest BCUT2D eigenvalue weighted by atomic mass is 9.85. The van der Waals surface area contributed by atoms with Crippen molar-refractivity contribution in [3.8, 4) is 62.1 Å². The smallest absolute Gasteiger partial charge is 0.238 e. The van der Waals surface area contributed by atoms with Gasteiger partial charge in [0.1, 0.15) is 8.07 Å². The molecule has 2 aromatic heterocycles. The minimum Gasteiger partial charge on any atom is -0.278 e. The van der Waals surface area contributed by atoms with Crippen LogP contribution in [0.3, 0.4) is 0 Å². The molecular formula is C71H46N4Si. The zero-order valence-electron chi connectivity index (χ0n) is 41.9. The van der Waals surface area contributed by atoms with Crippen LogP contribution in [-0.2, 0) is 0 Å². The molecule has 0 unspecified atom stereocenters. The minimum atomic E-state index is -2.10. The van der Waals surface area contributed by atoms with Crippen molar-refractivity contribution >= 4 is 105 Å². The average Bonchev–Trinajstić information content (AvgIpc) is 3.95. The van der Waals surface area contributed by atoms with Gasteiger partial charge in [-0.2, -0.15) is 9.97 Å². The van der Waals surface area contributed by atoms with Gasteiger partial charge in [-0.25, -0.2) is 4.98 Å². The highest BCUT2D eigenvalue weighted by Crippen LogP contribution is 2.47. The molecular weight excluding hydrogens is 937 g/mol. The Labute approximate surface area is 439 Å². The summed E-state index contributed by atoms with van der Waals surface area (Å²) >= 11 is 0. The maximum Gasteiger partial charge on any atom is 0.238 e. The third kappa shape index (κ3) is 6.27. The molecule has 0 saturated heterocycles. The molecule has 0 spiro atoms. The lowest BCUT2D eigenvalue weighted by Gasteiger charge is -2.21. The van der Waals surface area contributed by atoms with Crippen LogP contribution in [0.25, 0.3) is 149 Å². The van der Waals surface area contributed by atoms with Gasteiger partial charge in [-0.05, 0) is 145 Å². The molecule has 16 rings (SSSR count). The van der Waals surface area contributed by atoms with E-state index >= 15 is 0 Å². The number of fused-ring (bicyclic) bond motifs is 15. The summed E-state index contributed by atoms with van der Waals surface area (Å²) in [5.74, 6) is 1.84. The van der Waals surface area contributed by atoms with Gasteiger partial charge in [0, 0.05) is 21.9 Å². The van der Waals surface area contributed by atoms with Crippen molar-refractivity contribution in [3.05, 3.63) is 243 Å². The summed E-state index contributed by atoms with van der Waals surface area (Å²) in [6.07, 6.45) is 0. The molecule has 0 radical (unpaired) electrons. The predicted molar refractivity (Wildman–Crippen MR) is 323 cm³/mol. The lowest BCUT2D eigenvalue weighted by molar-refractivity contribution is 0.953. The fourth-order valence-electron chi connectivity index (χ4n) is 13.0. The van der Waals surface area contributed by atoms with Gasteiger partial charge in [0.15, 0.2) is 11.6 Å². The highest BCUT2D eigenvalue weighted by atomic mass is 28.3. The van der Waals surface area contributed by atoms with E-state index in [2.05, 4.69) is 224 Å². The molecule has 3 heterocycles. The third-order valence-electron chi connectivity index (χ3n) is 16.6. The summed E-state index contributed by atoms with van der Waals surface area (Å²) in [6.45, 7) is 5.09. The first kappa shape index (κ1) is 42.9. The SMILES string of the molecule is C[Si]1(C)c2ccc(-c3c4ccccc4c(-c4ccc5c6ccccc6n(-c6nc(-c7ccccc7)nc(-c7ccccc7)n6)c5c4)c4ccccc34)cc2-c2cc3c(cc21)c1ccccc1c1cc2ccccc2cc31. The molecule has 4 nitrogen and oxygen atoms in total. The van der Waals surface area contributed by atoms with Crippen LogP contribution in [0.1, 0.15) is 0 Å². The van der Waals surface area contributed by atoms with Crippen molar-refractivity contribution in [2.45, 2.75) is 13.1 Å². The van der Waals surface area contributed by atoms with E-state index in [4.69, 9.17) is 15.0 Å². The first-order chi connectivity index (χ1) is 37.4. The average molecular weight is 983 g/mol. The third-order valence-corrected chi connectivity index (χ3v) is 20.1. The highest BCUT2D eigenvalue weighted by Gasteiger charge is 2.38. The van der Waals surface area contributed by atoms with E-state index in [1.165, 1.54) is 103 Å². The summed E-state index contributed by atoms with van der Waals surface area (Å²) in [5, 5.41) is 20.6. The molecule has 1 aliphatic rings. The second-order valence-electron chi connectivity index (χ2n) is 21.1. The molecule has 354 valence electrons. The Balaban J connectivity index is 0.910. The van der Waals surface area contributed by atoms with Crippen LogP contribution in [0.4, 0.5) is 0 Å². The van der Waals surface area contributed by atoms with E-state index in [0.29, 0.717) is 17.6 Å². The maximum atomic E-state index is 5.26. The monoisotopic (exact) mass is 982 g/mol. The fourth-order valence-corrected chi connectivity index (χ4v) is 16.1. The number of benzene rings is 13. The zero-order valence-corrected chi connectivity index (χ0v) is 42.9. The summed E-state index contributed by atoms with van der Waals surface area (Å²) in [6, 6.07) is 89.2. The van der Waals surface area contributed by atoms with Gasteiger partial charge in [0.05, 0.1) is 11.0 Å². The first-order valence-electron chi connectivity index (χ1n) is 26.3. The molecule has 0 bridgehead atoms. The van der Waals surface area contributed by atoms with Gasteiger partial charge in [-0.15, -0.1) is 0 Å². The summed E-state index contributed by atoms with van der Waals surface area (Å²) in [4.78, 5) is 15.6. The number of para-hydroxylation sites is 1. The number of aromatic nitrogens is 4. The van der Waals surface area contributed by atoms with Crippen LogP contribution in [-0.4, -0.2) is 27.6 Å². The molecule has 76 heavy (non-hydrogen) atoms. The Morgan fingerprint density at radius 2 is 0.724 bits per heavy atom. The van der Waals surface area contributed by atoms with Crippen LogP contribution in [0.5, 0.6) is 0 Å². The molecule has 0 fully saturated rings. The molecule has 1 aliphatic heterocycles. The van der Waals surface area contributed by atoms with Crippen LogP contribution >= 0.6 is 0 Å². The van der Waals surface area contributed by atoms with Crippen LogP contribution in [0.2, 0.25) is 13.1 Å². The number of nitrogens with zero attached hydrogens (tertiary/aromatic N) is 4. The van der Waals surface area contributed by atoms with Gasteiger partial charge in [-0.1, -0.05) is 219 Å². The standard InChI is InChI=1S/C71H46N4Si/c1-76(2)65-36-34-47(39-61(65)62-41-59-58-38-46-24-10-9-23-45(46)37-57(58)49-25-11-12-26-50(49)60(59)42-66(62)76)67-53-28-13-15-30-55(53)68(56-31-16-14-29-54(56)67)48-33-35-52-51-27-17-18-32-63(51)75(64(52)40-48)71-73-69(43-19-5-3-6-20-43)72-70(74-71)44-21-7-4-8-22-44/h3-42H,1-2H3. The fraction of sp³-hybridized carbons (Fsp3) is 0.0282. The van der Waals surface area contributed by atoms with Crippen molar-refractivity contribution in [2.75, 3.05) is 0 Å². The topological polar surface area (TPSA) is 43.6 Å². The normalized spacial score (nSPS) is 13.0. The van der Waals surface area contributed by atoms with Gasteiger partial charge in [-0.3, -0.25) is 4.57 Å². The molecule has 0 amide bonds. The molecule has 0 atom stereocenters. The molecule has 13 aromatic carbocycles. The van der Waals surface area contributed by atoms with Crippen LogP contribution < -0.4 is 10.4 Å². The minimum absolute atomic E-state index is 0.577. The first-order valence-corrected chi connectivity index (χ1v) is 29.3. The molecule has 5 heteroatoms. The Morgan fingerprint density at radius 1 is 0.289 bits per heavy atom. The number of rotatable bonds is 5. The van der Waals surface area contributed by atoms with Gasteiger partial charge in [0.2, 0.25) is 5.95 Å². The summed E-state index contributed by atoms with van der Waals surface area (Å²) in [7, 11) is -2.10. The summed E-state index contributed by atoms with van der Waals surface area (Å²) < 4.78 is 2.23. The largest absolute Gasteiger partial charge is 0.278 e. The number of hydrogen-bond donors (Lipinski definition) is 0. The van der Waals surface area contributed by atoms with Gasteiger partial charge >= 0.3 is 0 Å². The van der Waals surface area contributed by atoms with E-state index in [1.54, 1.807) is 0 Å². The second kappa shape index (κ2) is 16.2. The Morgan fingerprint density at radius 3 is 1.32 bits per heavy atom. The van der Waals surface area contributed by atoms with Crippen LogP contribution in [0, 0.1) is 0 Å². The van der Waals surface area contributed by atoms with E-state index in [-0.39, 0.29) is 0 Å². The zero-order chi connectivity index (χ0) is 50.2. The van der Waals surface area contributed by atoms with E-state index in [1.807, 2.05) is 36.4 Å². The van der Waals surface area contributed by atoms with E-state index in [9.17, 15) is 0 Å². The highest BCUT2D eigenvalue weighted by molar-refractivity contribution is 7.04. The molecule has 0 N–H and O–H groups in total. The van der Waals surface area contributed by atoms with Gasteiger partial charge < -0.3 is 0 Å². The second-order valence-corrected chi connectivity index (χ2v) is 25.4. The van der Waals surface area contributed by atoms with Crippen molar-refractivity contribution in [2.24, 2.45) is 0 Å². The molecule has 15 aromatic rings. The molecule has 0 saturated carbocycles. The number of hydrogen-bond acceptors (Lipinski definition) is 3. The maximum absolute atomic E-state index is 5.26. The Kier molecular flexibility index (Phi) is 9.16. The molecule has 0 aliphatic carbocycles. The van der Waals surface area contributed by atoms with Crippen molar-refractivity contribution in [3.63, 3.8) is 0 Å². The Hall–Kier alpha value is -9.55.